The second kappa shape index (κ2) is 9.00. The normalized spacial score (nSPS) is 11.4. The number of nitrogens with one attached hydrogen (secondary N) is 1. The molecule has 0 saturated heterocycles. The summed E-state index contributed by atoms with van der Waals surface area (Å²) in [6.45, 7) is 2.56. The maximum absolute atomic E-state index is 11.9. The van der Waals surface area contributed by atoms with Crippen LogP contribution >= 0.6 is 11.6 Å². The van der Waals surface area contributed by atoms with Gasteiger partial charge in [0, 0.05) is 11.1 Å². The van der Waals surface area contributed by atoms with Crippen molar-refractivity contribution >= 4 is 34.9 Å². The number of benzene rings is 2. The summed E-state index contributed by atoms with van der Waals surface area (Å²) < 4.78 is 10.3. The van der Waals surface area contributed by atoms with Crippen LogP contribution in [0.15, 0.2) is 42.5 Å². The van der Waals surface area contributed by atoms with Crippen LogP contribution in [0.3, 0.4) is 0 Å². The second-order valence-electron chi connectivity index (χ2n) is 5.65. The Balaban J connectivity index is 1.89. The lowest BCUT2D eigenvalue weighted by molar-refractivity contribution is -0.384. The van der Waals surface area contributed by atoms with Crippen LogP contribution in [-0.2, 0) is 14.3 Å². The highest BCUT2D eigenvalue weighted by Crippen LogP contribution is 2.25. The van der Waals surface area contributed by atoms with Crippen molar-refractivity contribution in [3.63, 3.8) is 0 Å². The van der Waals surface area contributed by atoms with Gasteiger partial charge in [0.25, 0.3) is 11.6 Å². The molecule has 0 heterocycles. The van der Waals surface area contributed by atoms with Crippen molar-refractivity contribution < 1.29 is 24.0 Å². The maximum Gasteiger partial charge on any atom is 0.347 e. The summed E-state index contributed by atoms with van der Waals surface area (Å²) in [5, 5.41) is 13.9. The number of anilines is 1. The topological polar surface area (TPSA) is 108 Å². The third-order valence-corrected chi connectivity index (χ3v) is 3.65. The predicted octanol–water partition coefficient (Wildman–Crippen LogP) is 3.51. The van der Waals surface area contributed by atoms with Gasteiger partial charge >= 0.3 is 5.97 Å². The Morgan fingerprint density at radius 2 is 2.00 bits per heavy atom. The van der Waals surface area contributed by atoms with Crippen molar-refractivity contribution in [2.45, 2.75) is 20.0 Å². The van der Waals surface area contributed by atoms with Gasteiger partial charge in [-0.15, -0.1) is 0 Å². The first kappa shape index (κ1) is 20.2. The van der Waals surface area contributed by atoms with Crippen LogP contribution in [0.1, 0.15) is 12.5 Å². The van der Waals surface area contributed by atoms with Crippen molar-refractivity contribution in [3.05, 3.63) is 63.2 Å². The summed E-state index contributed by atoms with van der Waals surface area (Å²) in [5.74, 6) is -1.08. The molecule has 0 fully saturated rings. The maximum atomic E-state index is 11.9. The van der Waals surface area contributed by atoms with E-state index in [0.717, 1.165) is 0 Å². The molecule has 2 aromatic rings. The molecule has 1 unspecified atom stereocenters. The van der Waals surface area contributed by atoms with E-state index in [9.17, 15) is 19.7 Å². The first-order valence-electron chi connectivity index (χ1n) is 7.90. The van der Waals surface area contributed by atoms with Crippen LogP contribution in [0, 0.1) is 17.0 Å². The van der Waals surface area contributed by atoms with E-state index < -0.39 is 29.5 Å². The van der Waals surface area contributed by atoms with E-state index in [4.69, 9.17) is 21.1 Å². The first-order valence-corrected chi connectivity index (χ1v) is 8.28. The summed E-state index contributed by atoms with van der Waals surface area (Å²) in [6.07, 6.45) is -0.968. The van der Waals surface area contributed by atoms with Crippen molar-refractivity contribution in [1.82, 2.24) is 0 Å². The van der Waals surface area contributed by atoms with Gasteiger partial charge < -0.3 is 14.8 Å². The number of nitro groups is 1. The number of rotatable bonds is 7. The van der Waals surface area contributed by atoms with Crippen molar-refractivity contribution in [2.75, 3.05) is 11.9 Å². The van der Waals surface area contributed by atoms with Gasteiger partial charge in [-0.1, -0.05) is 23.7 Å². The Morgan fingerprint density at radius 1 is 1.26 bits per heavy atom. The van der Waals surface area contributed by atoms with E-state index in [-0.39, 0.29) is 11.4 Å². The number of aryl methyl sites for hydroxylation is 1. The average molecular weight is 393 g/mol. The van der Waals surface area contributed by atoms with Gasteiger partial charge in [-0.2, -0.15) is 0 Å². The smallest absolute Gasteiger partial charge is 0.347 e. The SMILES string of the molecule is Cc1ccc(NC(=O)COC(=O)C(C)Oc2cccc(Cl)c2)c([N+](=O)[O-])c1. The van der Waals surface area contributed by atoms with E-state index >= 15 is 0 Å². The highest BCUT2D eigenvalue weighted by molar-refractivity contribution is 6.30. The van der Waals surface area contributed by atoms with Crippen LogP contribution in [0.4, 0.5) is 11.4 Å². The quantitative estimate of drug-likeness (QED) is 0.439. The summed E-state index contributed by atoms with van der Waals surface area (Å²) >= 11 is 5.84. The Kier molecular flexibility index (Phi) is 6.73. The molecule has 0 radical (unpaired) electrons. The molecule has 142 valence electrons. The molecule has 0 spiro atoms. The number of amides is 1. The van der Waals surface area contributed by atoms with E-state index in [2.05, 4.69) is 5.32 Å². The van der Waals surface area contributed by atoms with E-state index in [1.807, 2.05) is 0 Å². The molecular formula is C18H17ClN2O6. The molecule has 0 aliphatic carbocycles. The number of halogens is 1. The van der Waals surface area contributed by atoms with Crippen LogP contribution in [0.5, 0.6) is 5.75 Å². The van der Waals surface area contributed by atoms with Crippen molar-refractivity contribution in [3.8, 4) is 5.75 Å². The minimum Gasteiger partial charge on any atom is -0.479 e. The third-order valence-electron chi connectivity index (χ3n) is 3.41. The number of nitro benzene ring substituents is 1. The number of hydrogen-bond acceptors (Lipinski definition) is 6. The fourth-order valence-electron chi connectivity index (χ4n) is 2.13. The Bertz CT molecular complexity index is 871. The lowest BCUT2D eigenvalue weighted by Gasteiger charge is -2.14. The highest BCUT2D eigenvalue weighted by atomic mass is 35.5. The molecule has 1 N–H and O–H groups in total. The van der Waals surface area contributed by atoms with E-state index in [1.54, 1.807) is 31.2 Å². The summed E-state index contributed by atoms with van der Waals surface area (Å²) in [7, 11) is 0. The second-order valence-corrected chi connectivity index (χ2v) is 6.09. The molecule has 9 heteroatoms. The highest BCUT2D eigenvalue weighted by Gasteiger charge is 2.20. The Morgan fingerprint density at radius 3 is 2.67 bits per heavy atom. The predicted molar refractivity (Wildman–Crippen MR) is 99.0 cm³/mol. The number of esters is 1. The lowest BCUT2D eigenvalue weighted by Crippen LogP contribution is -2.29. The summed E-state index contributed by atoms with van der Waals surface area (Å²) in [4.78, 5) is 34.3. The molecule has 0 aliphatic rings. The molecule has 2 rings (SSSR count). The number of nitrogens with zero attached hydrogens (tertiary/aromatic N) is 1. The van der Waals surface area contributed by atoms with Gasteiger partial charge in [0.15, 0.2) is 12.7 Å². The fraction of sp³-hybridized carbons (Fsp3) is 0.222. The van der Waals surface area contributed by atoms with Crippen LogP contribution in [0.25, 0.3) is 0 Å². The molecule has 0 saturated carbocycles. The zero-order chi connectivity index (χ0) is 20.0. The molecule has 8 nitrogen and oxygen atoms in total. The van der Waals surface area contributed by atoms with Crippen LogP contribution in [0.2, 0.25) is 5.02 Å². The zero-order valence-electron chi connectivity index (χ0n) is 14.6. The minimum atomic E-state index is -0.968. The average Bonchev–Trinajstić information content (AvgIpc) is 2.61. The largest absolute Gasteiger partial charge is 0.479 e. The molecule has 0 aliphatic heterocycles. The van der Waals surface area contributed by atoms with Gasteiger partial charge in [-0.3, -0.25) is 14.9 Å². The van der Waals surface area contributed by atoms with Crippen LogP contribution in [-0.4, -0.2) is 29.5 Å². The molecule has 2 aromatic carbocycles. The van der Waals surface area contributed by atoms with Gasteiger partial charge in [0.1, 0.15) is 11.4 Å². The standard InChI is InChI=1S/C18H17ClN2O6/c1-11-6-7-15(16(8-11)21(24)25)20-17(22)10-26-18(23)12(2)27-14-5-3-4-13(19)9-14/h3-9,12H,10H2,1-2H3,(H,20,22). The number of carbonyl (C=O) groups excluding carboxylic acids is 2. The fourth-order valence-corrected chi connectivity index (χ4v) is 2.31. The first-order chi connectivity index (χ1) is 12.8. The zero-order valence-corrected chi connectivity index (χ0v) is 15.4. The van der Waals surface area contributed by atoms with Gasteiger partial charge in [-0.05, 0) is 43.7 Å². The Hall–Kier alpha value is -3.13. The minimum absolute atomic E-state index is 0.0230. The third kappa shape index (κ3) is 5.96. The van der Waals surface area contributed by atoms with Gasteiger partial charge in [0.05, 0.1) is 4.92 Å². The number of hydrogen-bond donors (Lipinski definition) is 1. The molecular weight excluding hydrogens is 376 g/mol. The summed E-state index contributed by atoms with van der Waals surface area (Å²) in [6, 6.07) is 10.9. The van der Waals surface area contributed by atoms with Crippen LogP contribution < -0.4 is 10.1 Å². The molecule has 0 bridgehead atoms. The molecule has 0 aromatic heterocycles. The molecule has 1 atom stereocenters. The molecule has 1 amide bonds. The van der Waals surface area contributed by atoms with Gasteiger partial charge in [0.2, 0.25) is 0 Å². The van der Waals surface area contributed by atoms with E-state index in [0.29, 0.717) is 16.3 Å². The van der Waals surface area contributed by atoms with E-state index in [1.165, 1.54) is 25.1 Å². The van der Waals surface area contributed by atoms with Crippen molar-refractivity contribution in [1.29, 1.82) is 0 Å². The van der Waals surface area contributed by atoms with Gasteiger partial charge in [-0.25, -0.2) is 4.79 Å². The summed E-state index contributed by atoms with van der Waals surface area (Å²) in [5.41, 5.74) is 0.459. The number of ether oxygens (including phenoxy) is 2. The van der Waals surface area contributed by atoms with Crippen molar-refractivity contribution in [2.24, 2.45) is 0 Å². The lowest BCUT2D eigenvalue weighted by atomic mass is 10.2. The monoisotopic (exact) mass is 392 g/mol. The Labute approximate surface area is 160 Å². The number of carbonyl (C=O) groups is 2. The molecule has 27 heavy (non-hydrogen) atoms.